The number of sulfone groups is 1. The fourth-order valence-corrected chi connectivity index (χ4v) is 5.86. The number of thioether (sulfide) groups is 1. The standard InChI is InChI=1S/C15H23N3O4S2/c1-11-4-2-3-6-18(11)14(19)9-23-15-17-16-13(22-15)8-12-5-7-24(20,21)10-12/h11-12H,2-10H2,1H3/t11-,12+/m0/s1. The number of piperidine rings is 1. The molecule has 1 amide bonds. The molecule has 0 saturated carbocycles. The molecular weight excluding hydrogens is 350 g/mol. The van der Waals surface area contributed by atoms with Crippen molar-refractivity contribution in [2.45, 2.75) is 50.3 Å². The van der Waals surface area contributed by atoms with Gasteiger partial charge in [0, 0.05) is 19.0 Å². The number of aromatic nitrogens is 2. The van der Waals surface area contributed by atoms with Crippen LogP contribution in [-0.2, 0) is 21.1 Å². The lowest BCUT2D eigenvalue weighted by molar-refractivity contribution is -0.131. The van der Waals surface area contributed by atoms with E-state index in [2.05, 4.69) is 17.1 Å². The van der Waals surface area contributed by atoms with Crippen molar-refractivity contribution in [2.75, 3.05) is 23.8 Å². The Labute approximate surface area is 146 Å². The van der Waals surface area contributed by atoms with Gasteiger partial charge in [-0.25, -0.2) is 8.42 Å². The van der Waals surface area contributed by atoms with Gasteiger partial charge >= 0.3 is 0 Å². The molecule has 134 valence electrons. The lowest BCUT2D eigenvalue weighted by Crippen LogP contribution is -2.42. The molecule has 0 bridgehead atoms. The number of carbonyl (C=O) groups excluding carboxylic acids is 1. The molecule has 2 aliphatic heterocycles. The number of likely N-dealkylation sites (tertiary alicyclic amines) is 1. The summed E-state index contributed by atoms with van der Waals surface area (Å²) in [4.78, 5) is 14.2. The van der Waals surface area contributed by atoms with E-state index in [0.29, 0.717) is 35.7 Å². The normalized spacial score (nSPS) is 26.6. The summed E-state index contributed by atoms with van der Waals surface area (Å²) in [5, 5.41) is 8.31. The molecule has 0 aliphatic carbocycles. The predicted octanol–water partition coefficient (Wildman–Crippen LogP) is 1.54. The van der Waals surface area contributed by atoms with E-state index >= 15 is 0 Å². The maximum Gasteiger partial charge on any atom is 0.277 e. The zero-order chi connectivity index (χ0) is 17.2. The first-order valence-electron chi connectivity index (χ1n) is 8.38. The minimum absolute atomic E-state index is 0.0594. The van der Waals surface area contributed by atoms with Crippen LogP contribution in [0.1, 0.15) is 38.5 Å². The molecule has 1 aromatic heterocycles. The van der Waals surface area contributed by atoms with Gasteiger partial charge < -0.3 is 9.32 Å². The van der Waals surface area contributed by atoms with Gasteiger partial charge in [-0.2, -0.15) is 0 Å². The van der Waals surface area contributed by atoms with E-state index in [1.807, 2.05) is 4.90 Å². The van der Waals surface area contributed by atoms with Crippen molar-refractivity contribution in [2.24, 2.45) is 5.92 Å². The topological polar surface area (TPSA) is 93.4 Å². The Morgan fingerprint density at radius 2 is 2.17 bits per heavy atom. The van der Waals surface area contributed by atoms with Gasteiger partial charge in [-0.05, 0) is 38.5 Å². The highest BCUT2D eigenvalue weighted by Crippen LogP contribution is 2.25. The van der Waals surface area contributed by atoms with Crippen molar-refractivity contribution in [3.05, 3.63) is 5.89 Å². The van der Waals surface area contributed by atoms with Gasteiger partial charge in [0.25, 0.3) is 5.22 Å². The lowest BCUT2D eigenvalue weighted by Gasteiger charge is -2.33. The average molecular weight is 374 g/mol. The largest absolute Gasteiger partial charge is 0.416 e. The Bertz CT molecular complexity index is 689. The molecule has 9 heteroatoms. The summed E-state index contributed by atoms with van der Waals surface area (Å²) < 4.78 is 28.5. The van der Waals surface area contributed by atoms with E-state index in [1.54, 1.807) is 0 Å². The fraction of sp³-hybridized carbons (Fsp3) is 0.800. The highest BCUT2D eigenvalue weighted by molar-refractivity contribution is 7.99. The van der Waals surface area contributed by atoms with Crippen LogP contribution < -0.4 is 0 Å². The van der Waals surface area contributed by atoms with E-state index in [9.17, 15) is 13.2 Å². The highest BCUT2D eigenvalue weighted by atomic mass is 32.2. The summed E-state index contributed by atoms with van der Waals surface area (Å²) in [6.07, 6.45) is 4.45. The van der Waals surface area contributed by atoms with Crippen LogP contribution in [0.3, 0.4) is 0 Å². The lowest BCUT2D eigenvalue weighted by atomic mass is 10.0. The van der Waals surface area contributed by atoms with Crippen LogP contribution in [0.5, 0.6) is 0 Å². The van der Waals surface area contributed by atoms with Gasteiger partial charge in [0.1, 0.15) is 0 Å². The predicted molar refractivity (Wildman–Crippen MR) is 90.5 cm³/mol. The van der Waals surface area contributed by atoms with Gasteiger partial charge in [-0.15, -0.1) is 10.2 Å². The second-order valence-electron chi connectivity index (χ2n) is 6.66. The number of rotatable bonds is 5. The molecule has 2 atom stereocenters. The highest BCUT2D eigenvalue weighted by Gasteiger charge is 2.29. The van der Waals surface area contributed by atoms with E-state index in [-0.39, 0.29) is 23.3 Å². The summed E-state index contributed by atoms with van der Waals surface area (Å²) in [6, 6.07) is 0.300. The number of hydrogen-bond donors (Lipinski definition) is 0. The van der Waals surface area contributed by atoms with Crippen molar-refractivity contribution >= 4 is 27.5 Å². The summed E-state index contributed by atoms with van der Waals surface area (Å²) >= 11 is 1.25. The molecule has 2 saturated heterocycles. The second kappa shape index (κ2) is 7.43. The smallest absolute Gasteiger partial charge is 0.277 e. The third-order valence-electron chi connectivity index (χ3n) is 4.68. The quantitative estimate of drug-likeness (QED) is 0.723. The van der Waals surface area contributed by atoms with Gasteiger partial charge in [0.15, 0.2) is 9.84 Å². The van der Waals surface area contributed by atoms with Crippen LogP contribution in [0.25, 0.3) is 0 Å². The van der Waals surface area contributed by atoms with E-state index in [1.165, 1.54) is 18.2 Å². The number of carbonyl (C=O) groups is 1. The fourth-order valence-electron chi connectivity index (χ4n) is 3.33. The first-order chi connectivity index (χ1) is 11.4. The molecular formula is C15H23N3O4S2. The van der Waals surface area contributed by atoms with Crippen LogP contribution in [0.2, 0.25) is 0 Å². The van der Waals surface area contributed by atoms with Crippen molar-refractivity contribution in [3.63, 3.8) is 0 Å². The van der Waals surface area contributed by atoms with Crippen LogP contribution in [-0.4, -0.2) is 59.3 Å². The molecule has 0 aromatic carbocycles. The SMILES string of the molecule is C[C@H]1CCCCN1C(=O)CSc1nnc(C[C@H]2CCS(=O)(=O)C2)o1. The van der Waals surface area contributed by atoms with Gasteiger partial charge in [0.05, 0.1) is 17.3 Å². The molecule has 0 N–H and O–H groups in total. The minimum Gasteiger partial charge on any atom is -0.416 e. The Balaban J connectivity index is 1.48. The molecule has 2 fully saturated rings. The molecule has 3 rings (SSSR count). The number of amides is 1. The average Bonchev–Trinajstić information content (AvgIpc) is 3.12. The zero-order valence-electron chi connectivity index (χ0n) is 13.8. The molecule has 1 aromatic rings. The maximum absolute atomic E-state index is 12.3. The van der Waals surface area contributed by atoms with Gasteiger partial charge in [-0.1, -0.05) is 11.8 Å². The van der Waals surface area contributed by atoms with Crippen LogP contribution >= 0.6 is 11.8 Å². The van der Waals surface area contributed by atoms with Gasteiger partial charge in [-0.3, -0.25) is 4.79 Å². The minimum atomic E-state index is -2.89. The second-order valence-corrected chi connectivity index (χ2v) is 9.81. The summed E-state index contributed by atoms with van der Waals surface area (Å²) in [6.45, 7) is 2.91. The molecule has 2 aliphatic rings. The van der Waals surface area contributed by atoms with Crippen LogP contribution in [0, 0.1) is 5.92 Å². The van der Waals surface area contributed by atoms with Crippen LogP contribution in [0.4, 0.5) is 0 Å². The molecule has 0 unspecified atom stereocenters. The third kappa shape index (κ3) is 4.50. The summed E-state index contributed by atoms with van der Waals surface area (Å²) in [7, 11) is -2.89. The Morgan fingerprint density at radius 3 is 2.88 bits per heavy atom. The molecule has 0 spiro atoms. The van der Waals surface area contributed by atoms with E-state index < -0.39 is 9.84 Å². The molecule has 3 heterocycles. The third-order valence-corrected chi connectivity index (χ3v) is 7.32. The Morgan fingerprint density at radius 1 is 1.33 bits per heavy atom. The first kappa shape index (κ1) is 17.7. The maximum atomic E-state index is 12.3. The summed E-state index contributed by atoms with van der Waals surface area (Å²) in [5.74, 6) is 1.36. The van der Waals surface area contributed by atoms with Crippen molar-refractivity contribution in [1.82, 2.24) is 15.1 Å². The molecule has 24 heavy (non-hydrogen) atoms. The van der Waals surface area contributed by atoms with Crippen molar-refractivity contribution < 1.29 is 17.6 Å². The van der Waals surface area contributed by atoms with E-state index in [4.69, 9.17) is 4.42 Å². The Hall–Kier alpha value is -1.09. The number of hydrogen-bond acceptors (Lipinski definition) is 7. The molecule has 7 nitrogen and oxygen atoms in total. The summed E-state index contributed by atoms with van der Waals surface area (Å²) in [5.41, 5.74) is 0. The monoisotopic (exact) mass is 373 g/mol. The zero-order valence-corrected chi connectivity index (χ0v) is 15.4. The van der Waals surface area contributed by atoms with Crippen molar-refractivity contribution in [1.29, 1.82) is 0 Å². The molecule has 0 radical (unpaired) electrons. The van der Waals surface area contributed by atoms with Crippen LogP contribution in [0.15, 0.2) is 9.64 Å². The van der Waals surface area contributed by atoms with Crippen molar-refractivity contribution in [3.8, 4) is 0 Å². The first-order valence-corrected chi connectivity index (χ1v) is 11.2. The number of nitrogens with zero attached hydrogens (tertiary/aromatic N) is 3. The van der Waals surface area contributed by atoms with E-state index in [0.717, 1.165) is 19.4 Å². The Kier molecular flexibility index (Phi) is 5.49. The van der Waals surface area contributed by atoms with Gasteiger partial charge in [0.2, 0.25) is 11.8 Å².